The molecule has 0 saturated heterocycles. The third kappa shape index (κ3) is 14.1. The van der Waals surface area contributed by atoms with Crippen LogP contribution in [0.4, 0.5) is 0 Å². The highest BCUT2D eigenvalue weighted by Gasteiger charge is 2.29. The van der Waals surface area contributed by atoms with E-state index in [0.29, 0.717) is 31.7 Å². The highest BCUT2D eigenvalue weighted by Crippen LogP contribution is 2.48. The van der Waals surface area contributed by atoms with Crippen LogP contribution < -0.4 is 5.30 Å². The Balaban J connectivity index is 2.33. The number of aryl methyl sites for hydroxylation is 1. The van der Waals surface area contributed by atoms with Crippen LogP contribution in [0.15, 0.2) is 49.6 Å². The predicted octanol–water partition coefficient (Wildman–Crippen LogP) is 6.21. The zero-order valence-corrected chi connectivity index (χ0v) is 22.0. The summed E-state index contributed by atoms with van der Waals surface area (Å²) in [5, 5.41) is 0.619. The summed E-state index contributed by atoms with van der Waals surface area (Å²) >= 11 is 0. The molecule has 1 aromatic rings. The largest absolute Gasteiger partial charge is 0.463 e. The van der Waals surface area contributed by atoms with E-state index in [1.54, 1.807) is 0 Å². The fourth-order valence-corrected chi connectivity index (χ4v) is 5.22. The molecule has 0 atom stereocenters. The molecule has 0 unspecified atom stereocenters. The van der Waals surface area contributed by atoms with Gasteiger partial charge >= 0.3 is 19.5 Å². The number of carbonyl (C=O) groups excluding carboxylic acids is 2. The molecule has 7 nitrogen and oxygen atoms in total. The van der Waals surface area contributed by atoms with Crippen LogP contribution in [-0.2, 0) is 32.7 Å². The topological polar surface area (TPSA) is 88.1 Å². The van der Waals surface area contributed by atoms with Gasteiger partial charge in [-0.25, -0.2) is 9.59 Å². The summed E-state index contributed by atoms with van der Waals surface area (Å²) in [5.41, 5.74) is 0.888. The highest BCUT2D eigenvalue weighted by molar-refractivity contribution is 7.62. The average molecular weight is 509 g/mol. The minimum absolute atomic E-state index is 0.362. The fourth-order valence-electron chi connectivity index (χ4n) is 3.35. The summed E-state index contributed by atoms with van der Waals surface area (Å²) in [6, 6.07) is 7.47. The maximum absolute atomic E-state index is 13.6. The second-order valence-electron chi connectivity index (χ2n) is 8.23. The van der Waals surface area contributed by atoms with Gasteiger partial charge < -0.3 is 18.5 Å². The average Bonchev–Trinajstić information content (AvgIpc) is 2.86. The molecule has 0 aliphatic rings. The fraction of sp³-hybridized carbons (Fsp3) is 0.556. The van der Waals surface area contributed by atoms with E-state index in [1.165, 1.54) is 12.2 Å². The molecule has 0 saturated carbocycles. The van der Waals surface area contributed by atoms with Gasteiger partial charge in [0.15, 0.2) is 0 Å². The summed E-state index contributed by atoms with van der Waals surface area (Å²) < 4.78 is 35.2. The second kappa shape index (κ2) is 19.0. The van der Waals surface area contributed by atoms with Gasteiger partial charge in [-0.05, 0) is 44.2 Å². The molecule has 0 aliphatic heterocycles. The Kier molecular flexibility index (Phi) is 16.8. The summed E-state index contributed by atoms with van der Waals surface area (Å²) in [6.07, 6.45) is 11.3. The van der Waals surface area contributed by atoms with E-state index in [-0.39, 0.29) is 0 Å². The van der Waals surface area contributed by atoms with Gasteiger partial charge in [0.2, 0.25) is 0 Å². The molecular weight excluding hydrogens is 467 g/mol. The first kappa shape index (κ1) is 30.8. The van der Waals surface area contributed by atoms with Crippen LogP contribution in [0, 0.1) is 6.92 Å². The summed E-state index contributed by atoms with van der Waals surface area (Å²) in [6.45, 7) is 10.2. The molecule has 1 rings (SSSR count). The van der Waals surface area contributed by atoms with Gasteiger partial charge in [-0.2, -0.15) is 0 Å². The molecule has 196 valence electrons. The van der Waals surface area contributed by atoms with E-state index in [0.717, 1.165) is 69.8 Å². The van der Waals surface area contributed by atoms with E-state index < -0.39 is 19.5 Å². The number of rotatable bonds is 21. The van der Waals surface area contributed by atoms with Crippen molar-refractivity contribution in [2.75, 3.05) is 26.4 Å². The lowest BCUT2D eigenvalue weighted by Crippen LogP contribution is -2.14. The van der Waals surface area contributed by atoms with Crippen LogP contribution in [0.5, 0.6) is 0 Å². The third-order valence-electron chi connectivity index (χ3n) is 5.33. The number of hydrogen-bond donors (Lipinski definition) is 0. The molecule has 0 fully saturated rings. The lowest BCUT2D eigenvalue weighted by atomic mass is 10.1. The van der Waals surface area contributed by atoms with Crippen molar-refractivity contribution in [1.82, 2.24) is 0 Å². The van der Waals surface area contributed by atoms with Gasteiger partial charge in [-0.3, -0.25) is 4.57 Å². The molecule has 0 N–H and O–H groups in total. The smallest absolute Gasteiger partial charge is 0.361 e. The van der Waals surface area contributed by atoms with Crippen LogP contribution in [0.25, 0.3) is 0 Å². The van der Waals surface area contributed by atoms with Gasteiger partial charge in [-0.15, -0.1) is 0 Å². The Hall–Kier alpha value is -2.21. The van der Waals surface area contributed by atoms with Crippen LogP contribution in [0.2, 0.25) is 0 Å². The molecule has 0 bridgehead atoms. The second-order valence-corrected chi connectivity index (χ2v) is 10.2. The van der Waals surface area contributed by atoms with Crippen molar-refractivity contribution in [1.29, 1.82) is 0 Å². The molecule has 0 amide bonds. The number of unbranched alkanes of at least 4 members (excludes halogenated alkanes) is 8. The minimum Gasteiger partial charge on any atom is -0.463 e. The Bertz CT molecular complexity index is 780. The molecule has 8 heteroatoms. The van der Waals surface area contributed by atoms with E-state index in [4.69, 9.17) is 18.5 Å². The summed E-state index contributed by atoms with van der Waals surface area (Å²) in [5.74, 6) is -0.784. The van der Waals surface area contributed by atoms with Crippen molar-refractivity contribution in [3.63, 3.8) is 0 Å². The molecule has 0 aliphatic carbocycles. The standard InChI is InChI=1S/C27H41O7P/c1-4-26(28)31-20-14-8-6-10-16-22-33-35(30,25-19-13-12-18-24(25)3)34-23-17-11-7-9-15-21-32-27(29)5-2/h4-5,12-13,18-19H,1-2,6-11,14-17,20-23H2,3H3. The van der Waals surface area contributed by atoms with Gasteiger partial charge in [0.25, 0.3) is 0 Å². The van der Waals surface area contributed by atoms with E-state index in [1.807, 2.05) is 31.2 Å². The van der Waals surface area contributed by atoms with Gasteiger partial charge in [0.05, 0.1) is 31.7 Å². The Labute approximate surface area is 210 Å². The molecule has 0 radical (unpaired) electrons. The number of ether oxygens (including phenoxy) is 2. The molecule has 1 aromatic carbocycles. The third-order valence-corrected chi connectivity index (χ3v) is 7.47. The number of hydrogen-bond acceptors (Lipinski definition) is 7. The number of carbonyl (C=O) groups is 2. The summed E-state index contributed by atoms with van der Waals surface area (Å²) in [7, 11) is -3.40. The van der Waals surface area contributed by atoms with E-state index in [9.17, 15) is 14.2 Å². The zero-order chi connectivity index (χ0) is 25.8. The molecule has 0 spiro atoms. The lowest BCUT2D eigenvalue weighted by Gasteiger charge is -2.20. The first-order valence-electron chi connectivity index (χ1n) is 12.5. The van der Waals surface area contributed by atoms with Gasteiger partial charge in [-0.1, -0.05) is 69.9 Å². The van der Waals surface area contributed by atoms with Gasteiger partial charge in [0, 0.05) is 12.2 Å². The minimum atomic E-state index is -3.40. The molecule has 0 heterocycles. The van der Waals surface area contributed by atoms with Crippen molar-refractivity contribution in [2.24, 2.45) is 0 Å². The van der Waals surface area contributed by atoms with Crippen LogP contribution in [-0.4, -0.2) is 38.4 Å². The highest BCUT2D eigenvalue weighted by atomic mass is 31.2. The normalized spacial score (nSPS) is 11.1. The van der Waals surface area contributed by atoms with E-state index in [2.05, 4.69) is 13.2 Å². The molecule has 35 heavy (non-hydrogen) atoms. The van der Waals surface area contributed by atoms with Crippen molar-refractivity contribution < 1.29 is 32.7 Å². The van der Waals surface area contributed by atoms with Gasteiger partial charge in [0.1, 0.15) is 0 Å². The van der Waals surface area contributed by atoms with Crippen molar-refractivity contribution in [2.45, 2.75) is 71.1 Å². The van der Waals surface area contributed by atoms with Crippen LogP contribution >= 0.6 is 7.60 Å². The number of benzene rings is 1. The van der Waals surface area contributed by atoms with E-state index >= 15 is 0 Å². The molecular formula is C27H41O7P. The first-order valence-corrected chi connectivity index (χ1v) is 14.0. The van der Waals surface area contributed by atoms with Crippen molar-refractivity contribution in [3.05, 3.63) is 55.1 Å². The quantitative estimate of drug-likeness (QED) is 0.0845. The van der Waals surface area contributed by atoms with Crippen molar-refractivity contribution in [3.8, 4) is 0 Å². The Morgan fingerprint density at radius 1 is 0.714 bits per heavy atom. The Morgan fingerprint density at radius 3 is 1.54 bits per heavy atom. The predicted molar refractivity (Wildman–Crippen MR) is 139 cm³/mol. The SMILES string of the molecule is C=CC(=O)OCCCCCCCOP(=O)(OCCCCCCCOC(=O)C=C)c1ccccc1C. The lowest BCUT2D eigenvalue weighted by molar-refractivity contribution is -0.138. The van der Waals surface area contributed by atoms with Crippen LogP contribution in [0.3, 0.4) is 0 Å². The maximum atomic E-state index is 13.6. The molecule has 0 aromatic heterocycles. The van der Waals surface area contributed by atoms with Crippen LogP contribution in [0.1, 0.15) is 69.8 Å². The first-order chi connectivity index (χ1) is 16.9. The van der Waals surface area contributed by atoms with Crippen molar-refractivity contribution >= 4 is 24.8 Å². The Morgan fingerprint density at radius 2 is 1.11 bits per heavy atom. The zero-order valence-electron chi connectivity index (χ0n) is 21.1. The monoisotopic (exact) mass is 508 g/mol. The number of esters is 2. The maximum Gasteiger partial charge on any atom is 0.361 e. The summed E-state index contributed by atoms with van der Waals surface area (Å²) in [4.78, 5) is 22.0.